The number of hydrogen-bond donors (Lipinski definition) is 0. The molecule has 2 aromatic carbocycles. The first-order valence-electron chi connectivity index (χ1n) is 12.5. The molecule has 1 saturated carbocycles. The normalized spacial score (nSPS) is 16.2. The van der Waals surface area contributed by atoms with Gasteiger partial charge in [-0.25, -0.2) is 4.98 Å². The van der Waals surface area contributed by atoms with Crippen LogP contribution in [0.15, 0.2) is 48.5 Å². The lowest BCUT2D eigenvalue weighted by atomic mass is 10.0. The van der Waals surface area contributed by atoms with Gasteiger partial charge in [-0.15, -0.1) is 0 Å². The largest absolute Gasteiger partial charge is 0.417 e. The van der Waals surface area contributed by atoms with Gasteiger partial charge in [-0.05, 0) is 49.6 Å². The van der Waals surface area contributed by atoms with E-state index >= 15 is 0 Å². The van der Waals surface area contributed by atoms with Crippen LogP contribution in [0.3, 0.4) is 0 Å². The highest BCUT2D eigenvalue weighted by atomic mass is 19.4. The van der Waals surface area contributed by atoms with E-state index in [0.29, 0.717) is 32.0 Å². The molecule has 0 bridgehead atoms. The Bertz CT molecular complexity index is 1340. The fourth-order valence-electron chi connectivity index (χ4n) is 4.94. The molecule has 0 N–H and O–H groups in total. The minimum Gasteiger partial charge on any atom is -0.353 e. The van der Waals surface area contributed by atoms with E-state index in [9.17, 15) is 22.8 Å². The first kappa shape index (κ1) is 25.0. The summed E-state index contributed by atoms with van der Waals surface area (Å²) in [5.74, 6) is 0.117. The number of carbonyl (C=O) groups excluding carboxylic acids is 2. The number of rotatable bonds is 5. The number of aromatic nitrogens is 1. The van der Waals surface area contributed by atoms with Gasteiger partial charge in [0, 0.05) is 56.6 Å². The molecule has 2 fully saturated rings. The number of hydrogen-bond acceptors (Lipinski definition) is 4. The molecule has 0 radical (unpaired) electrons. The third kappa shape index (κ3) is 5.26. The van der Waals surface area contributed by atoms with E-state index in [-0.39, 0.29) is 24.1 Å². The number of amides is 2. The lowest BCUT2D eigenvalue weighted by molar-refractivity contribution is -0.138. The van der Waals surface area contributed by atoms with Crippen LogP contribution in [0.1, 0.15) is 46.8 Å². The third-order valence-corrected chi connectivity index (χ3v) is 7.11. The van der Waals surface area contributed by atoms with Gasteiger partial charge in [0.25, 0.3) is 5.91 Å². The molecule has 1 aromatic heterocycles. The minimum absolute atomic E-state index is 0.0239. The van der Waals surface area contributed by atoms with Crippen molar-refractivity contribution in [3.63, 3.8) is 0 Å². The van der Waals surface area contributed by atoms with Crippen molar-refractivity contribution in [2.45, 2.75) is 45.5 Å². The SMILES string of the molecule is CC(=O)N1CCN(c2nc3cc(C)ccc3cc2CN(C(=O)c2ccccc2C(F)(F)F)C2CC2)CC1. The summed E-state index contributed by atoms with van der Waals surface area (Å²) in [7, 11) is 0. The van der Waals surface area contributed by atoms with Crippen molar-refractivity contribution in [1.82, 2.24) is 14.8 Å². The molecular formula is C28H29F3N4O2. The number of aryl methyl sites for hydroxylation is 1. The van der Waals surface area contributed by atoms with E-state index < -0.39 is 17.6 Å². The second-order valence-corrected chi connectivity index (χ2v) is 9.87. The van der Waals surface area contributed by atoms with Gasteiger partial charge in [0.15, 0.2) is 0 Å². The molecule has 2 amide bonds. The first-order valence-corrected chi connectivity index (χ1v) is 12.5. The van der Waals surface area contributed by atoms with Crippen LogP contribution in [0.25, 0.3) is 10.9 Å². The van der Waals surface area contributed by atoms with E-state index in [2.05, 4.69) is 4.90 Å². The van der Waals surface area contributed by atoms with E-state index in [1.165, 1.54) is 18.2 Å². The molecule has 2 aliphatic rings. The van der Waals surface area contributed by atoms with Gasteiger partial charge in [0.2, 0.25) is 5.91 Å². The summed E-state index contributed by atoms with van der Waals surface area (Å²) in [5, 5.41) is 0.908. The molecule has 0 atom stereocenters. The van der Waals surface area contributed by atoms with Crippen LogP contribution in [0.4, 0.5) is 19.0 Å². The Morgan fingerprint density at radius 3 is 2.38 bits per heavy atom. The molecule has 1 saturated heterocycles. The summed E-state index contributed by atoms with van der Waals surface area (Å²) in [6.07, 6.45) is -3.11. The average molecular weight is 511 g/mol. The molecular weight excluding hydrogens is 481 g/mol. The van der Waals surface area contributed by atoms with Crippen LogP contribution >= 0.6 is 0 Å². The molecule has 0 unspecified atom stereocenters. The van der Waals surface area contributed by atoms with Gasteiger partial charge in [0.05, 0.1) is 16.6 Å². The number of alkyl halides is 3. The van der Waals surface area contributed by atoms with Crippen molar-refractivity contribution in [3.05, 3.63) is 70.8 Å². The van der Waals surface area contributed by atoms with Crippen molar-refractivity contribution >= 4 is 28.5 Å². The lowest BCUT2D eigenvalue weighted by Gasteiger charge is -2.36. The highest BCUT2D eigenvalue weighted by Gasteiger charge is 2.39. The van der Waals surface area contributed by atoms with Gasteiger partial charge in [-0.1, -0.05) is 24.3 Å². The van der Waals surface area contributed by atoms with Gasteiger partial charge in [0.1, 0.15) is 5.82 Å². The summed E-state index contributed by atoms with van der Waals surface area (Å²) in [6.45, 7) is 6.01. The van der Waals surface area contributed by atoms with Crippen LogP contribution in [0, 0.1) is 6.92 Å². The minimum atomic E-state index is -4.62. The Kier molecular flexibility index (Phi) is 6.56. The summed E-state index contributed by atoms with van der Waals surface area (Å²) >= 11 is 0. The van der Waals surface area contributed by atoms with Gasteiger partial charge < -0.3 is 14.7 Å². The Labute approximate surface area is 213 Å². The quantitative estimate of drug-likeness (QED) is 0.483. The molecule has 37 heavy (non-hydrogen) atoms. The number of fused-ring (bicyclic) bond motifs is 1. The Morgan fingerprint density at radius 2 is 1.73 bits per heavy atom. The lowest BCUT2D eigenvalue weighted by Crippen LogP contribution is -2.48. The van der Waals surface area contributed by atoms with Crippen molar-refractivity contribution in [2.75, 3.05) is 31.1 Å². The van der Waals surface area contributed by atoms with Gasteiger partial charge in [-0.2, -0.15) is 13.2 Å². The fourth-order valence-corrected chi connectivity index (χ4v) is 4.94. The molecule has 3 aromatic rings. The summed E-state index contributed by atoms with van der Waals surface area (Å²) in [5.41, 5.74) is 1.43. The van der Waals surface area contributed by atoms with Crippen LogP contribution in [0.2, 0.25) is 0 Å². The fraction of sp³-hybridized carbons (Fsp3) is 0.393. The second-order valence-electron chi connectivity index (χ2n) is 9.87. The number of benzene rings is 2. The van der Waals surface area contributed by atoms with E-state index in [0.717, 1.165) is 40.9 Å². The Morgan fingerprint density at radius 1 is 1.03 bits per heavy atom. The number of halogens is 3. The van der Waals surface area contributed by atoms with E-state index in [1.807, 2.05) is 31.2 Å². The molecule has 194 valence electrons. The smallest absolute Gasteiger partial charge is 0.353 e. The number of piperazine rings is 1. The maximum Gasteiger partial charge on any atom is 0.417 e. The Hall–Kier alpha value is -3.62. The topological polar surface area (TPSA) is 56.8 Å². The van der Waals surface area contributed by atoms with Crippen molar-refractivity contribution in [2.24, 2.45) is 0 Å². The van der Waals surface area contributed by atoms with Gasteiger partial charge in [-0.3, -0.25) is 9.59 Å². The molecule has 9 heteroatoms. The van der Waals surface area contributed by atoms with Gasteiger partial charge >= 0.3 is 6.18 Å². The zero-order chi connectivity index (χ0) is 26.3. The second kappa shape index (κ2) is 9.68. The molecule has 1 aliphatic heterocycles. The summed E-state index contributed by atoms with van der Waals surface area (Å²) in [4.78, 5) is 35.8. The summed E-state index contributed by atoms with van der Waals surface area (Å²) < 4.78 is 41.1. The summed E-state index contributed by atoms with van der Waals surface area (Å²) in [6, 6.07) is 12.8. The van der Waals surface area contributed by atoms with Crippen LogP contribution in [0.5, 0.6) is 0 Å². The van der Waals surface area contributed by atoms with Crippen molar-refractivity contribution in [1.29, 1.82) is 0 Å². The number of pyridine rings is 1. The Balaban J connectivity index is 1.52. The van der Waals surface area contributed by atoms with Crippen molar-refractivity contribution in [3.8, 4) is 0 Å². The monoisotopic (exact) mass is 510 g/mol. The number of carbonyl (C=O) groups is 2. The molecule has 0 spiro atoms. The van der Waals surface area contributed by atoms with Crippen LogP contribution in [-0.2, 0) is 17.5 Å². The predicted molar refractivity (Wildman–Crippen MR) is 135 cm³/mol. The maximum absolute atomic E-state index is 13.7. The average Bonchev–Trinajstić information content (AvgIpc) is 3.71. The maximum atomic E-state index is 13.7. The highest BCUT2D eigenvalue weighted by molar-refractivity contribution is 5.96. The molecule has 2 heterocycles. The third-order valence-electron chi connectivity index (χ3n) is 7.11. The standard InChI is InChI=1S/C28H29F3N4O2/c1-18-7-8-20-16-21(26(32-25(20)15-18)34-13-11-33(12-14-34)19(2)36)17-35(22-9-10-22)27(37)23-5-3-4-6-24(23)28(29,30)31/h3-8,15-16,22H,9-14,17H2,1-2H3. The molecule has 5 rings (SSSR count). The van der Waals surface area contributed by atoms with E-state index in [1.54, 1.807) is 16.7 Å². The van der Waals surface area contributed by atoms with Crippen LogP contribution in [-0.4, -0.2) is 58.8 Å². The zero-order valence-corrected chi connectivity index (χ0v) is 20.9. The zero-order valence-electron chi connectivity index (χ0n) is 20.9. The predicted octanol–water partition coefficient (Wildman–Crippen LogP) is 5.04. The highest BCUT2D eigenvalue weighted by Crippen LogP contribution is 2.36. The number of nitrogens with zero attached hydrogens (tertiary/aromatic N) is 4. The van der Waals surface area contributed by atoms with Crippen LogP contribution < -0.4 is 4.90 Å². The number of anilines is 1. The first-order chi connectivity index (χ1) is 17.6. The van der Waals surface area contributed by atoms with Crippen molar-refractivity contribution < 1.29 is 22.8 Å². The molecule has 6 nitrogen and oxygen atoms in total. The van der Waals surface area contributed by atoms with E-state index in [4.69, 9.17) is 4.98 Å². The molecule has 1 aliphatic carbocycles.